The first kappa shape index (κ1) is 13.5. The van der Waals surface area contributed by atoms with Crippen molar-refractivity contribution >= 4 is 0 Å². The number of aromatic nitrogens is 2. The van der Waals surface area contributed by atoms with Gasteiger partial charge in [0.2, 0.25) is 0 Å². The van der Waals surface area contributed by atoms with Crippen LogP contribution in [0.2, 0.25) is 0 Å². The minimum Gasteiger partial charge on any atom is -0.481 e. The number of aliphatic hydroxyl groups excluding tert-OH is 1. The van der Waals surface area contributed by atoms with Gasteiger partial charge in [0.05, 0.1) is 6.61 Å². The molecule has 0 spiro atoms. The topological polar surface area (TPSA) is 68.4 Å². The average molecular weight is 266 g/mol. The summed E-state index contributed by atoms with van der Waals surface area (Å²) in [5, 5.41) is 12.6. The predicted octanol–water partition coefficient (Wildman–Crippen LogP) is 2.23. The largest absolute Gasteiger partial charge is 0.481 e. The van der Waals surface area contributed by atoms with E-state index in [1.165, 1.54) is 12.1 Å². The number of ether oxygens (including phenoxy) is 1. The molecule has 0 aliphatic rings. The van der Waals surface area contributed by atoms with Gasteiger partial charge in [0.15, 0.2) is 24.0 Å². The zero-order valence-corrected chi connectivity index (χ0v) is 10.6. The second-order valence-electron chi connectivity index (χ2n) is 4.07. The normalized spacial score (nSPS) is 10.7. The number of nitrogens with zero attached hydrogens (tertiary/aromatic N) is 2. The highest BCUT2D eigenvalue weighted by atomic mass is 19.1. The lowest BCUT2D eigenvalue weighted by molar-refractivity contribution is 0.233. The van der Waals surface area contributed by atoms with Crippen molar-refractivity contribution in [2.75, 3.05) is 0 Å². The molecule has 102 valence electrons. The van der Waals surface area contributed by atoms with Gasteiger partial charge in [-0.15, -0.1) is 0 Å². The minimum absolute atomic E-state index is 0.0199. The molecule has 1 aromatic heterocycles. The van der Waals surface area contributed by atoms with E-state index in [1.807, 2.05) is 6.92 Å². The quantitative estimate of drug-likeness (QED) is 0.868. The number of aryl methyl sites for hydroxylation is 1. The standard InChI is InChI=1S/C13H15FN2O3/c1-2-3-12-15-13(19-16-12)8-18-11-5-4-9(7-17)6-10(11)14/h4-6,17H,2-3,7-8H2,1H3. The van der Waals surface area contributed by atoms with E-state index in [-0.39, 0.29) is 19.0 Å². The molecule has 0 unspecified atom stereocenters. The number of aliphatic hydroxyl groups is 1. The molecule has 0 saturated heterocycles. The summed E-state index contributed by atoms with van der Waals surface area (Å²) in [6, 6.07) is 4.28. The van der Waals surface area contributed by atoms with E-state index < -0.39 is 5.82 Å². The van der Waals surface area contributed by atoms with E-state index in [9.17, 15) is 4.39 Å². The van der Waals surface area contributed by atoms with Crippen molar-refractivity contribution in [3.8, 4) is 5.75 Å². The summed E-state index contributed by atoms with van der Waals surface area (Å²) >= 11 is 0. The first-order chi connectivity index (χ1) is 9.22. The summed E-state index contributed by atoms with van der Waals surface area (Å²) in [6.07, 6.45) is 1.67. The zero-order valence-electron chi connectivity index (χ0n) is 10.6. The Balaban J connectivity index is 1.97. The highest BCUT2D eigenvalue weighted by molar-refractivity contribution is 5.28. The van der Waals surface area contributed by atoms with Crippen LogP contribution < -0.4 is 4.74 Å². The van der Waals surface area contributed by atoms with Crippen LogP contribution in [0, 0.1) is 5.82 Å². The van der Waals surface area contributed by atoms with E-state index in [4.69, 9.17) is 14.4 Å². The lowest BCUT2D eigenvalue weighted by Crippen LogP contribution is -1.99. The summed E-state index contributed by atoms with van der Waals surface area (Å²) in [5.41, 5.74) is 0.493. The molecule has 1 heterocycles. The molecule has 0 bridgehead atoms. The van der Waals surface area contributed by atoms with E-state index in [2.05, 4.69) is 10.1 Å². The second-order valence-corrected chi connectivity index (χ2v) is 4.07. The molecule has 0 saturated carbocycles. The van der Waals surface area contributed by atoms with Gasteiger partial charge in [0.1, 0.15) is 0 Å². The third-order valence-corrected chi connectivity index (χ3v) is 2.51. The lowest BCUT2D eigenvalue weighted by Gasteiger charge is -2.05. The average Bonchev–Trinajstić information content (AvgIpc) is 2.85. The maximum atomic E-state index is 13.6. The summed E-state index contributed by atoms with van der Waals surface area (Å²) in [7, 11) is 0. The van der Waals surface area contributed by atoms with E-state index in [0.29, 0.717) is 17.3 Å². The van der Waals surface area contributed by atoms with Crippen LogP contribution >= 0.6 is 0 Å². The Kier molecular flexibility index (Phi) is 4.46. The molecule has 19 heavy (non-hydrogen) atoms. The van der Waals surface area contributed by atoms with Crippen molar-refractivity contribution in [3.63, 3.8) is 0 Å². The molecule has 0 amide bonds. The molecular formula is C13H15FN2O3. The molecule has 0 fully saturated rings. The van der Waals surface area contributed by atoms with E-state index in [1.54, 1.807) is 6.07 Å². The summed E-state index contributed by atoms with van der Waals surface area (Å²) in [5.74, 6) is 0.499. The van der Waals surface area contributed by atoms with E-state index in [0.717, 1.165) is 12.8 Å². The Labute approximate surface area is 110 Å². The van der Waals surface area contributed by atoms with Gasteiger partial charge in [-0.25, -0.2) is 4.39 Å². The molecule has 0 aliphatic heterocycles. The van der Waals surface area contributed by atoms with Crippen LogP contribution in [-0.4, -0.2) is 15.2 Å². The monoisotopic (exact) mass is 266 g/mol. The van der Waals surface area contributed by atoms with Crippen LogP contribution in [0.5, 0.6) is 5.75 Å². The van der Waals surface area contributed by atoms with Crippen molar-refractivity contribution in [3.05, 3.63) is 41.3 Å². The van der Waals surface area contributed by atoms with Crippen LogP contribution in [0.4, 0.5) is 4.39 Å². The highest BCUT2D eigenvalue weighted by Crippen LogP contribution is 2.19. The fraction of sp³-hybridized carbons (Fsp3) is 0.385. The Hall–Kier alpha value is -1.95. The van der Waals surface area contributed by atoms with E-state index >= 15 is 0 Å². The maximum absolute atomic E-state index is 13.6. The molecule has 0 aliphatic carbocycles. The predicted molar refractivity (Wildman–Crippen MR) is 64.9 cm³/mol. The van der Waals surface area contributed by atoms with Gasteiger partial charge in [-0.2, -0.15) is 4.98 Å². The zero-order chi connectivity index (χ0) is 13.7. The Morgan fingerprint density at radius 2 is 2.26 bits per heavy atom. The lowest BCUT2D eigenvalue weighted by atomic mass is 10.2. The third-order valence-electron chi connectivity index (χ3n) is 2.51. The number of hydrogen-bond acceptors (Lipinski definition) is 5. The third kappa shape index (κ3) is 3.51. The fourth-order valence-electron chi connectivity index (χ4n) is 1.57. The van der Waals surface area contributed by atoms with Crippen molar-refractivity contribution in [1.82, 2.24) is 10.1 Å². The van der Waals surface area contributed by atoms with Crippen molar-refractivity contribution in [1.29, 1.82) is 0 Å². The van der Waals surface area contributed by atoms with Gasteiger partial charge in [-0.3, -0.25) is 0 Å². The smallest absolute Gasteiger partial charge is 0.264 e. The van der Waals surface area contributed by atoms with Crippen LogP contribution in [0.15, 0.2) is 22.7 Å². The van der Waals surface area contributed by atoms with Gasteiger partial charge in [-0.1, -0.05) is 18.1 Å². The molecular weight excluding hydrogens is 251 g/mol. The summed E-state index contributed by atoms with van der Waals surface area (Å²) in [6.45, 7) is 1.83. The molecule has 0 radical (unpaired) electrons. The molecule has 0 atom stereocenters. The van der Waals surface area contributed by atoms with Gasteiger partial charge in [0.25, 0.3) is 5.89 Å². The van der Waals surface area contributed by atoms with Crippen LogP contribution in [0.3, 0.4) is 0 Å². The highest BCUT2D eigenvalue weighted by Gasteiger charge is 2.09. The molecule has 2 rings (SSSR count). The molecule has 2 aromatic rings. The first-order valence-corrected chi connectivity index (χ1v) is 6.06. The summed E-state index contributed by atoms with van der Waals surface area (Å²) in [4.78, 5) is 4.11. The fourth-order valence-corrected chi connectivity index (χ4v) is 1.57. The molecule has 1 aromatic carbocycles. The number of halogens is 1. The molecule has 6 heteroatoms. The van der Waals surface area contributed by atoms with Crippen molar-refractivity contribution in [2.45, 2.75) is 33.0 Å². The number of rotatable bonds is 6. The summed E-state index contributed by atoms with van der Waals surface area (Å²) < 4.78 is 23.8. The maximum Gasteiger partial charge on any atom is 0.264 e. The van der Waals surface area contributed by atoms with Crippen molar-refractivity contribution < 1.29 is 18.8 Å². The number of benzene rings is 1. The van der Waals surface area contributed by atoms with Crippen LogP contribution in [-0.2, 0) is 19.6 Å². The number of hydrogen-bond donors (Lipinski definition) is 1. The van der Waals surface area contributed by atoms with Gasteiger partial charge < -0.3 is 14.4 Å². The van der Waals surface area contributed by atoms with Crippen LogP contribution in [0.25, 0.3) is 0 Å². The first-order valence-electron chi connectivity index (χ1n) is 6.06. The molecule has 1 N–H and O–H groups in total. The minimum atomic E-state index is -0.528. The Morgan fingerprint density at radius 3 is 2.95 bits per heavy atom. The van der Waals surface area contributed by atoms with Gasteiger partial charge >= 0.3 is 0 Å². The van der Waals surface area contributed by atoms with Gasteiger partial charge in [0, 0.05) is 6.42 Å². The van der Waals surface area contributed by atoms with Crippen molar-refractivity contribution in [2.24, 2.45) is 0 Å². The Morgan fingerprint density at radius 1 is 1.42 bits per heavy atom. The second kappa shape index (κ2) is 6.29. The molecule has 5 nitrogen and oxygen atoms in total. The van der Waals surface area contributed by atoms with Gasteiger partial charge in [-0.05, 0) is 24.1 Å². The Bertz CT molecular complexity index is 542. The van der Waals surface area contributed by atoms with Crippen LogP contribution in [0.1, 0.15) is 30.6 Å². The SMILES string of the molecule is CCCc1noc(COc2ccc(CO)cc2F)n1.